The van der Waals surface area contributed by atoms with E-state index in [2.05, 4.69) is 0 Å². The Bertz CT molecular complexity index is 496. The van der Waals surface area contributed by atoms with Crippen LogP contribution in [0.4, 0.5) is 8.78 Å². The molecule has 0 aromatic heterocycles. The summed E-state index contributed by atoms with van der Waals surface area (Å²) in [7, 11) is -10.8. The smallest absolute Gasteiger partial charge is 0.299 e. The molecule has 0 spiro atoms. The Balaban J connectivity index is 3.06. The fourth-order valence-electron chi connectivity index (χ4n) is 1.80. The summed E-state index contributed by atoms with van der Waals surface area (Å²) in [5.74, 6) is 0. The zero-order valence-corrected chi connectivity index (χ0v) is 11.3. The predicted molar refractivity (Wildman–Crippen MR) is 59.2 cm³/mol. The standard InChI is InChI=1S/C8H15F2NO5S2/c1-17(13,14)8(9,10)18(15,16)11(12)7-5-3-2-4-6-7/h7,12H,2-6H2,1H3. The van der Waals surface area contributed by atoms with Crippen LogP contribution < -0.4 is 0 Å². The third-order valence-corrected chi connectivity index (χ3v) is 6.66. The molecule has 0 aliphatic heterocycles. The largest absolute Gasteiger partial charge is 0.460 e. The van der Waals surface area contributed by atoms with Crippen molar-refractivity contribution in [2.24, 2.45) is 0 Å². The highest BCUT2D eigenvalue weighted by Crippen LogP contribution is 2.33. The molecule has 1 rings (SSSR count). The quantitative estimate of drug-likeness (QED) is 0.780. The average Bonchev–Trinajstić information content (AvgIpc) is 2.27. The summed E-state index contributed by atoms with van der Waals surface area (Å²) in [4.78, 5) is 0. The normalized spacial score (nSPS) is 20.3. The number of sulfonamides is 1. The third kappa shape index (κ3) is 2.65. The zero-order valence-electron chi connectivity index (χ0n) is 9.71. The second-order valence-corrected chi connectivity index (χ2v) is 8.46. The monoisotopic (exact) mass is 307 g/mol. The van der Waals surface area contributed by atoms with Crippen molar-refractivity contribution in [3.8, 4) is 0 Å². The van der Waals surface area contributed by atoms with E-state index in [0.29, 0.717) is 12.8 Å². The Morgan fingerprint density at radius 3 is 1.94 bits per heavy atom. The lowest BCUT2D eigenvalue weighted by molar-refractivity contribution is -0.0545. The van der Waals surface area contributed by atoms with E-state index >= 15 is 0 Å². The van der Waals surface area contributed by atoms with E-state index in [-0.39, 0.29) is 19.1 Å². The van der Waals surface area contributed by atoms with Gasteiger partial charge in [-0.25, -0.2) is 16.8 Å². The molecule has 18 heavy (non-hydrogen) atoms. The summed E-state index contributed by atoms with van der Waals surface area (Å²) in [6, 6.07) is -0.989. The number of nitrogens with zero attached hydrogens (tertiary/aromatic N) is 1. The lowest BCUT2D eigenvalue weighted by atomic mass is 9.96. The molecule has 0 atom stereocenters. The van der Waals surface area contributed by atoms with Gasteiger partial charge < -0.3 is 0 Å². The lowest BCUT2D eigenvalue weighted by Gasteiger charge is -2.30. The van der Waals surface area contributed by atoms with Gasteiger partial charge in [-0.2, -0.15) is 8.78 Å². The minimum atomic E-state index is -5.63. The van der Waals surface area contributed by atoms with Crippen LogP contribution in [0.25, 0.3) is 0 Å². The van der Waals surface area contributed by atoms with Crippen molar-refractivity contribution in [1.29, 1.82) is 0 Å². The van der Waals surface area contributed by atoms with Crippen LogP contribution in [0.5, 0.6) is 0 Å². The van der Waals surface area contributed by atoms with Crippen LogP contribution in [0.15, 0.2) is 0 Å². The molecular formula is C8H15F2NO5S2. The van der Waals surface area contributed by atoms with E-state index in [1.54, 1.807) is 0 Å². The molecule has 0 unspecified atom stereocenters. The average molecular weight is 307 g/mol. The van der Waals surface area contributed by atoms with Crippen LogP contribution in [-0.2, 0) is 19.9 Å². The van der Waals surface area contributed by atoms with Crippen LogP contribution in [0.1, 0.15) is 32.1 Å². The maximum atomic E-state index is 13.3. The van der Waals surface area contributed by atoms with Crippen molar-refractivity contribution in [1.82, 2.24) is 4.47 Å². The first-order valence-corrected chi connectivity index (χ1v) is 8.65. The van der Waals surface area contributed by atoms with Gasteiger partial charge >= 0.3 is 14.6 Å². The second kappa shape index (κ2) is 4.99. The summed E-state index contributed by atoms with van der Waals surface area (Å²) in [6.07, 6.45) is 2.60. The van der Waals surface area contributed by atoms with Crippen LogP contribution in [-0.4, -0.2) is 43.4 Å². The van der Waals surface area contributed by atoms with Gasteiger partial charge in [-0.3, -0.25) is 5.21 Å². The van der Waals surface area contributed by atoms with Crippen LogP contribution in [0.2, 0.25) is 0 Å². The van der Waals surface area contributed by atoms with Crippen molar-refractivity contribution in [3.63, 3.8) is 0 Å². The Morgan fingerprint density at radius 2 is 1.56 bits per heavy atom. The molecule has 0 amide bonds. The number of alkyl halides is 2. The fourth-order valence-corrected chi connectivity index (χ4v) is 4.38. The van der Waals surface area contributed by atoms with Gasteiger partial charge in [-0.1, -0.05) is 23.7 Å². The van der Waals surface area contributed by atoms with E-state index in [1.165, 1.54) is 0 Å². The Kier molecular flexibility index (Phi) is 4.36. The molecule has 1 aliphatic rings. The molecule has 1 N–H and O–H groups in total. The van der Waals surface area contributed by atoms with Crippen molar-refractivity contribution in [2.45, 2.75) is 42.7 Å². The number of rotatable bonds is 4. The van der Waals surface area contributed by atoms with Gasteiger partial charge in [-0.05, 0) is 12.8 Å². The molecule has 6 nitrogen and oxygen atoms in total. The van der Waals surface area contributed by atoms with Gasteiger partial charge in [0.2, 0.25) is 9.84 Å². The summed E-state index contributed by atoms with van der Waals surface area (Å²) in [6.45, 7) is 0. The Labute approximate surface area is 105 Å². The molecule has 0 bridgehead atoms. The number of sulfone groups is 1. The first kappa shape index (κ1) is 15.7. The van der Waals surface area contributed by atoms with E-state index < -0.39 is 35.0 Å². The summed E-state index contributed by atoms with van der Waals surface area (Å²) in [5, 5.41) is 9.40. The molecule has 0 aromatic rings. The molecule has 1 fully saturated rings. The van der Waals surface area contributed by atoms with Gasteiger partial charge in [0, 0.05) is 6.26 Å². The molecule has 108 valence electrons. The maximum absolute atomic E-state index is 13.3. The van der Waals surface area contributed by atoms with Gasteiger partial charge in [0.25, 0.3) is 0 Å². The first-order chi connectivity index (χ1) is 8.02. The summed E-state index contributed by atoms with van der Waals surface area (Å²) < 4.78 is 65.7. The third-order valence-electron chi connectivity index (χ3n) is 2.87. The fraction of sp³-hybridized carbons (Fsp3) is 1.00. The predicted octanol–water partition coefficient (Wildman–Crippen LogP) is 0.935. The summed E-state index contributed by atoms with van der Waals surface area (Å²) in [5.41, 5.74) is 0. The van der Waals surface area contributed by atoms with Gasteiger partial charge in [0.15, 0.2) is 0 Å². The van der Waals surface area contributed by atoms with Crippen molar-refractivity contribution in [3.05, 3.63) is 0 Å². The number of hydrogen-bond donors (Lipinski definition) is 1. The second-order valence-electron chi connectivity index (χ2n) is 4.30. The van der Waals surface area contributed by atoms with Gasteiger partial charge in [0.1, 0.15) is 0 Å². The molecular weight excluding hydrogens is 292 g/mol. The topological polar surface area (TPSA) is 91.8 Å². The zero-order chi connectivity index (χ0) is 14.2. The molecule has 0 heterocycles. The first-order valence-electron chi connectivity index (χ1n) is 5.32. The van der Waals surface area contributed by atoms with Crippen molar-refractivity contribution in [2.75, 3.05) is 6.26 Å². The van der Waals surface area contributed by atoms with Crippen LogP contribution >= 0.6 is 0 Å². The van der Waals surface area contributed by atoms with Crippen molar-refractivity contribution >= 4 is 19.9 Å². The highest BCUT2D eigenvalue weighted by atomic mass is 32.3. The van der Waals surface area contributed by atoms with E-state index in [4.69, 9.17) is 0 Å². The number of hydrogen-bond acceptors (Lipinski definition) is 5. The molecule has 1 saturated carbocycles. The maximum Gasteiger partial charge on any atom is 0.460 e. The number of hydroxylamine groups is 1. The summed E-state index contributed by atoms with van der Waals surface area (Å²) >= 11 is 0. The molecule has 0 aromatic carbocycles. The number of halogens is 2. The Morgan fingerprint density at radius 1 is 1.11 bits per heavy atom. The highest BCUT2D eigenvalue weighted by Gasteiger charge is 2.59. The van der Waals surface area contributed by atoms with E-state index in [9.17, 15) is 30.8 Å². The minimum Gasteiger partial charge on any atom is -0.299 e. The molecule has 10 heteroatoms. The van der Waals surface area contributed by atoms with Crippen molar-refractivity contribution < 1.29 is 30.8 Å². The molecule has 0 saturated heterocycles. The Hall–Kier alpha value is -0.320. The molecule has 1 aliphatic carbocycles. The van der Waals surface area contributed by atoms with Gasteiger partial charge in [0.05, 0.1) is 6.04 Å². The van der Waals surface area contributed by atoms with E-state index in [0.717, 1.165) is 6.42 Å². The van der Waals surface area contributed by atoms with E-state index in [1.807, 2.05) is 0 Å². The minimum absolute atomic E-state index is 0.110. The molecule has 0 radical (unpaired) electrons. The lowest BCUT2D eigenvalue weighted by Crippen LogP contribution is -2.50. The van der Waals surface area contributed by atoms with Crippen LogP contribution in [0.3, 0.4) is 0 Å². The van der Waals surface area contributed by atoms with Crippen LogP contribution in [0, 0.1) is 0 Å². The van der Waals surface area contributed by atoms with Gasteiger partial charge in [-0.15, -0.1) is 0 Å². The SMILES string of the molecule is CS(=O)(=O)C(F)(F)S(=O)(=O)N(O)C1CCCCC1. The highest BCUT2D eigenvalue weighted by molar-refractivity contribution is 8.08.